The largest absolute Gasteiger partial charge is 0.478 e. The summed E-state index contributed by atoms with van der Waals surface area (Å²) in [6.07, 6.45) is 0.597. The Kier molecular flexibility index (Phi) is 33.4. The molecule has 0 fully saturated rings. The summed E-state index contributed by atoms with van der Waals surface area (Å²) in [5.41, 5.74) is 24.0. The second-order valence-corrected chi connectivity index (χ2v) is 29.9. The lowest BCUT2D eigenvalue weighted by molar-refractivity contribution is -0.124. The monoisotopic (exact) mass is 1760 g/mol. The van der Waals surface area contributed by atoms with Gasteiger partial charge in [0.05, 0.1) is 152 Å². The fraction of sp³-hybridized carbons (Fsp3) is 0.260. The number of benzene rings is 10. The molecule has 0 saturated heterocycles. The van der Waals surface area contributed by atoms with Crippen LogP contribution in [0.5, 0.6) is 0 Å². The second-order valence-electron chi connectivity index (χ2n) is 29.9. The molecule has 0 radical (unpaired) electrons. The number of anilines is 4. The zero-order chi connectivity index (χ0) is 91.1. The van der Waals surface area contributed by atoms with Crippen LogP contribution in [0.25, 0.3) is 66.8 Å². The summed E-state index contributed by atoms with van der Waals surface area (Å²) in [4.78, 5) is 106. The van der Waals surface area contributed by atoms with Crippen molar-refractivity contribution in [3.63, 3.8) is 0 Å². The first-order valence-corrected chi connectivity index (χ1v) is 42.4. The molecule has 0 unspecified atom stereocenters. The number of fused-ring (bicyclic) bond motifs is 8. The minimum absolute atomic E-state index is 0.000742. The molecule has 14 rings (SSSR count). The van der Waals surface area contributed by atoms with Gasteiger partial charge in [-0.15, -0.1) is 0 Å². The maximum Gasteiger partial charge on any atom is 0.336 e. The van der Waals surface area contributed by atoms with Crippen molar-refractivity contribution in [1.82, 2.24) is 21.3 Å². The Balaban J connectivity index is 0.000000222. The number of nitrogen functional groups attached to an aromatic ring is 2. The van der Waals surface area contributed by atoms with Crippen LogP contribution in [0.3, 0.4) is 0 Å². The van der Waals surface area contributed by atoms with Crippen LogP contribution >= 0.6 is 0 Å². The summed E-state index contributed by atoms with van der Waals surface area (Å²) < 4.78 is 56.4. The molecular formula is C100H98N10O20. The highest BCUT2D eigenvalue weighted by Crippen LogP contribution is 2.44. The van der Waals surface area contributed by atoms with Crippen molar-refractivity contribution >= 4 is 92.1 Å². The summed E-state index contributed by atoms with van der Waals surface area (Å²) in [6, 6.07) is 59.5. The molecular weight excluding hydrogens is 1660 g/mol. The number of amides is 6. The SMILES string of the molecule is N=c1ccc2c(-c3cc(C(=O)NCCOCCOCCOCCOCCC(=O)NCCC(=O)N4Cc5ccccc5C#Cc5ccccc54)ccc3C(=O)O)c3ccc(N)cc3oc-2c1.N=c1ccc2c(-c3ccc(C(=O)NCCOCCOCCOCCOCCC(=O)NCCC(=O)N4Cc5ccccc5C#Cc5ccccc54)cc3C(=O)O)c3ccc(N)cc3oc-2c1. The highest BCUT2D eigenvalue weighted by molar-refractivity contribution is 6.11. The number of carboxylic acid groups (broad SMARTS) is 2. The lowest BCUT2D eigenvalue weighted by Crippen LogP contribution is -2.35. The zero-order valence-electron chi connectivity index (χ0n) is 71.3. The van der Waals surface area contributed by atoms with Crippen LogP contribution < -0.4 is 53.2 Å². The van der Waals surface area contributed by atoms with E-state index in [1.54, 1.807) is 101 Å². The molecule has 0 atom stereocenters. The second kappa shape index (κ2) is 46.7. The maximum atomic E-state index is 13.3. The van der Waals surface area contributed by atoms with E-state index >= 15 is 0 Å². The number of rotatable bonds is 42. The average molecular weight is 1760 g/mol. The highest BCUT2D eigenvalue weighted by Gasteiger charge is 2.28. The van der Waals surface area contributed by atoms with E-state index in [4.69, 9.17) is 69.0 Å². The number of hydrogen-bond donors (Lipinski definition) is 10. The zero-order valence-corrected chi connectivity index (χ0v) is 71.3. The van der Waals surface area contributed by atoms with Crippen molar-refractivity contribution < 1.29 is 95.3 Å². The third-order valence-electron chi connectivity index (χ3n) is 21.0. The van der Waals surface area contributed by atoms with E-state index in [0.29, 0.717) is 171 Å². The molecule has 0 saturated carbocycles. The van der Waals surface area contributed by atoms with Gasteiger partial charge in [0.2, 0.25) is 23.6 Å². The number of ether oxygens (including phenoxy) is 8. The summed E-state index contributed by atoms with van der Waals surface area (Å²) in [5.74, 6) is 9.73. The molecule has 30 nitrogen and oxygen atoms in total. The molecule has 4 aliphatic heterocycles. The molecule has 0 bridgehead atoms. The van der Waals surface area contributed by atoms with Crippen LogP contribution in [-0.4, -0.2) is 189 Å². The number of para-hydroxylation sites is 2. The molecule has 6 amide bonds. The van der Waals surface area contributed by atoms with Crippen LogP contribution in [0.15, 0.2) is 215 Å². The van der Waals surface area contributed by atoms with Gasteiger partial charge in [-0.3, -0.25) is 28.8 Å². The van der Waals surface area contributed by atoms with Gasteiger partial charge < -0.3 is 110 Å². The minimum Gasteiger partial charge on any atom is -0.478 e. The Morgan fingerprint density at radius 3 is 1.16 bits per heavy atom. The third kappa shape index (κ3) is 25.4. The Bertz CT molecular complexity index is 6300. The van der Waals surface area contributed by atoms with Gasteiger partial charge in [0.1, 0.15) is 22.7 Å². The van der Waals surface area contributed by atoms with Gasteiger partial charge in [-0.25, -0.2) is 9.59 Å². The van der Waals surface area contributed by atoms with Crippen LogP contribution in [-0.2, 0) is 70.2 Å². The normalized spacial score (nSPS) is 11.8. The molecule has 30 heteroatoms. The van der Waals surface area contributed by atoms with Gasteiger partial charge in [-0.1, -0.05) is 90.4 Å². The third-order valence-corrected chi connectivity index (χ3v) is 21.0. The van der Waals surface area contributed by atoms with Gasteiger partial charge >= 0.3 is 11.9 Å². The van der Waals surface area contributed by atoms with E-state index in [9.17, 15) is 48.6 Å². The molecule has 12 N–H and O–H groups in total. The van der Waals surface area contributed by atoms with E-state index in [0.717, 1.165) is 44.8 Å². The molecule has 8 aromatic carbocycles. The highest BCUT2D eigenvalue weighted by atomic mass is 16.6. The van der Waals surface area contributed by atoms with E-state index in [-0.39, 0.29) is 135 Å². The number of carbonyl (C=O) groups is 8. The maximum absolute atomic E-state index is 13.3. The summed E-state index contributed by atoms with van der Waals surface area (Å²) in [6.45, 7) is 6.37. The predicted molar refractivity (Wildman–Crippen MR) is 487 cm³/mol. The summed E-state index contributed by atoms with van der Waals surface area (Å²) in [7, 11) is 0. The first-order chi connectivity index (χ1) is 63.3. The number of nitrogens with two attached hydrogens (primary N) is 2. The van der Waals surface area contributed by atoms with E-state index < -0.39 is 23.8 Å². The molecule has 0 aromatic heterocycles. The predicted octanol–water partition coefficient (Wildman–Crippen LogP) is 11.2. The average Bonchev–Trinajstić information content (AvgIpc) is 0.748. The molecule has 8 aromatic rings. The van der Waals surface area contributed by atoms with Gasteiger partial charge in [0.25, 0.3) is 11.8 Å². The molecule has 668 valence electrons. The van der Waals surface area contributed by atoms with E-state index in [2.05, 4.69) is 44.9 Å². The Morgan fingerprint density at radius 2 is 0.723 bits per heavy atom. The topological polar surface area (TPSA) is 431 Å². The fourth-order valence-corrected chi connectivity index (χ4v) is 14.6. The first kappa shape index (κ1) is 93.0. The fourth-order valence-electron chi connectivity index (χ4n) is 14.6. The molecule has 0 spiro atoms. The minimum atomic E-state index is -1.21. The van der Waals surface area contributed by atoms with Crippen molar-refractivity contribution in [3.05, 3.63) is 273 Å². The Labute approximate surface area is 748 Å². The van der Waals surface area contributed by atoms with E-state index in [1.165, 1.54) is 18.2 Å². The van der Waals surface area contributed by atoms with Crippen LogP contribution in [0, 0.1) is 34.5 Å². The quantitative estimate of drug-likeness (QED) is 0.00735. The summed E-state index contributed by atoms with van der Waals surface area (Å²) in [5, 5.41) is 49.3. The van der Waals surface area contributed by atoms with Crippen molar-refractivity contribution in [2.24, 2.45) is 0 Å². The van der Waals surface area contributed by atoms with E-state index in [1.807, 2.05) is 97.1 Å². The van der Waals surface area contributed by atoms with Crippen LogP contribution in [0.2, 0.25) is 0 Å². The number of nitrogens with one attached hydrogen (secondary N) is 6. The van der Waals surface area contributed by atoms with Crippen molar-refractivity contribution in [2.75, 3.05) is 153 Å². The van der Waals surface area contributed by atoms with Gasteiger partial charge in [0.15, 0.2) is 0 Å². The summed E-state index contributed by atoms with van der Waals surface area (Å²) >= 11 is 0. The Morgan fingerprint density at radius 1 is 0.354 bits per heavy atom. The lowest BCUT2D eigenvalue weighted by atomic mass is 9.89. The smallest absolute Gasteiger partial charge is 0.336 e. The van der Waals surface area contributed by atoms with Gasteiger partial charge in [0, 0.05) is 154 Å². The number of carboxylic acids is 2. The number of aromatic carboxylic acids is 2. The first-order valence-electron chi connectivity index (χ1n) is 42.4. The standard InChI is InChI=1S/2C50H49N5O10/c51-37-12-15-40-44(30-37)65-45-31-38(52)13-16-41(45)48(40)42-29-35(11-14-39(42)50(59)60)49(58)54-20-22-62-24-26-64-28-27-63-25-23-61-21-18-46(56)53-19-17-47(57)55-32-36-7-2-1-5-33(36)9-10-34-6-3-4-8-43(34)55;51-37-12-15-40-44(30-37)65-45-31-38(52)13-16-41(45)48(40)39-14-11-35(29-42(39)50(59)60)49(58)54-20-22-62-24-26-64-28-27-63-25-23-61-21-18-46(56)53-19-17-47(57)55-32-36-7-2-1-5-33(36)9-10-34-6-3-4-8-43(34)55/h2*1-8,11-16,29-31,51H,17-28,32,52H2,(H,53,56)(H,54,58)(H,59,60). The number of carbonyl (C=O) groups excluding carboxylic acids is 6. The molecule has 6 aliphatic rings. The van der Waals surface area contributed by atoms with Gasteiger partial charge in [-0.2, -0.15) is 0 Å². The Hall–Kier alpha value is -14.7. The van der Waals surface area contributed by atoms with Gasteiger partial charge in [-0.05, 0) is 138 Å². The molecule has 130 heavy (non-hydrogen) atoms. The van der Waals surface area contributed by atoms with Crippen molar-refractivity contribution in [2.45, 2.75) is 38.8 Å². The van der Waals surface area contributed by atoms with Crippen LogP contribution in [0.4, 0.5) is 22.7 Å². The number of nitrogens with zero attached hydrogens (tertiary/aromatic N) is 2. The van der Waals surface area contributed by atoms with Crippen molar-refractivity contribution in [3.8, 4) is 68.6 Å². The van der Waals surface area contributed by atoms with Crippen LogP contribution in [0.1, 0.15) is 100 Å². The lowest BCUT2D eigenvalue weighted by Gasteiger charge is -2.26. The molecule has 4 heterocycles. The molecule has 2 aliphatic carbocycles. The van der Waals surface area contributed by atoms with Crippen molar-refractivity contribution in [1.29, 1.82) is 10.8 Å². The number of hydrogen-bond acceptors (Lipinski definition) is 22.